The van der Waals surface area contributed by atoms with E-state index in [9.17, 15) is 0 Å². The summed E-state index contributed by atoms with van der Waals surface area (Å²) in [6.07, 6.45) is -0.721. The molecule has 2 aromatic rings. The number of benzene rings is 2. The summed E-state index contributed by atoms with van der Waals surface area (Å²) in [6.45, 7) is 10.0. The molecule has 0 aliphatic carbocycles. The van der Waals surface area contributed by atoms with Crippen LogP contribution in [0.5, 0.6) is 11.5 Å². The van der Waals surface area contributed by atoms with Gasteiger partial charge in [-0.15, -0.1) is 0 Å². The summed E-state index contributed by atoms with van der Waals surface area (Å²) in [6, 6.07) is 15.1. The molecule has 0 spiro atoms. The molecule has 4 rings (SSSR count). The molecule has 0 fully saturated rings. The van der Waals surface area contributed by atoms with E-state index in [0.717, 1.165) is 22.6 Å². The zero-order chi connectivity index (χ0) is 24.6. The van der Waals surface area contributed by atoms with Gasteiger partial charge in [-0.25, -0.2) is 9.98 Å². The number of nitrogens with zero attached hydrogens (tertiary/aromatic N) is 2. The molecule has 0 bridgehead atoms. The van der Waals surface area contributed by atoms with Crippen LogP contribution in [0.4, 0.5) is 0 Å². The van der Waals surface area contributed by atoms with E-state index in [1.807, 2.05) is 76.2 Å². The third kappa shape index (κ3) is 6.13. The first-order valence-corrected chi connectivity index (χ1v) is 12.3. The first kappa shape index (κ1) is 25.0. The third-order valence-electron chi connectivity index (χ3n) is 5.57. The number of ether oxygens (including phenoxy) is 6. The average molecular weight is 483 g/mol. The van der Waals surface area contributed by atoms with Crippen LogP contribution < -0.4 is 9.47 Å². The van der Waals surface area contributed by atoms with E-state index in [1.54, 1.807) is 0 Å². The van der Waals surface area contributed by atoms with Gasteiger partial charge in [-0.05, 0) is 63.1 Å². The van der Waals surface area contributed by atoms with Crippen LogP contribution in [-0.4, -0.2) is 50.8 Å². The van der Waals surface area contributed by atoms with Gasteiger partial charge >= 0.3 is 0 Å². The lowest BCUT2D eigenvalue weighted by Crippen LogP contribution is -2.23. The standard InChI is InChI=1S/C27H34N2O6/c1-5-30-20-13-9-11-18(15-20)24-26(32-7-3)34-22(28-24)17-23-29-25(27(35-23)33-8-4)19-12-10-14-21(16-19)31-6-2/h9-16,24-27H,5-8,17H2,1-4H3/t24-,25-,26?,27?/m1/s1. The Morgan fingerprint density at radius 1 is 0.657 bits per heavy atom. The molecule has 2 heterocycles. The van der Waals surface area contributed by atoms with Gasteiger partial charge in [0.2, 0.25) is 12.6 Å². The Labute approximate surface area is 206 Å². The number of hydrogen-bond donors (Lipinski definition) is 0. The summed E-state index contributed by atoms with van der Waals surface area (Å²) < 4.78 is 35.2. The molecule has 2 aromatic carbocycles. The van der Waals surface area contributed by atoms with Crippen LogP contribution in [0.1, 0.15) is 57.3 Å². The minimum atomic E-state index is -0.518. The van der Waals surface area contributed by atoms with Crippen molar-refractivity contribution in [2.45, 2.75) is 58.8 Å². The van der Waals surface area contributed by atoms with Crippen LogP contribution in [0.15, 0.2) is 58.5 Å². The fourth-order valence-corrected chi connectivity index (χ4v) is 4.15. The molecule has 0 amide bonds. The molecule has 35 heavy (non-hydrogen) atoms. The number of hydrogen-bond acceptors (Lipinski definition) is 8. The molecule has 2 aliphatic heterocycles. The molecule has 4 atom stereocenters. The fourth-order valence-electron chi connectivity index (χ4n) is 4.15. The second-order valence-corrected chi connectivity index (χ2v) is 8.01. The topological polar surface area (TPSA) is 80.1 Å². The summed E-state index contributed by atoms with van der Waals surface area (Å²) in [7, 11) is 0. The Bertz CT molecular complexity index is 958. The van der Waals surface area contributed by atoms with Gasteiger partial charge in [-0.1, -0.05) is 24.3 Å². The summed E-state index contributed by atoms with van der Waals surface area (Å²) in [5, 5.41) is 0. The Morgan fingerprint density at radius 3 is 1.51 bits per heavy atom. The molecule has 0 radical (unpaired) electrons. The summed E-state index contributed by atoms with van der Waals surface area (Å²) in [5.74, 6) is 2.63. The molecule has 8 heteroatoms. The van der Waals surface area contributed by atoms with Gasteiger partial charge in [0.1, 0.15) is 23.6 Å². The number of rotatable bonds is 12. The van der Waals surface area contributed by atoms with Gasteiger partial charge in [0.25, 0.3) is 0 Å². The lowest BCUT2D eigenvalue weighted by Gasteiger charge is -2.18. The molecular formula is C27H34N2O6. The van der Waals surface area contributed by atoms with Crippen molar-refractivity contribution >= 4 is 11.8 Å². The molecule has 2 unspecified atom stereocenters. The highest BCUT2D eigenvalue weighted by atomic mass is 16.7. The normalized spacial score (nSPS) is 23.3. The first-order chi connectivity index (χ1) is 17.1. The van der Waals surface area contributed by atoms with E-state index in [4.69, 9.17) is 38.4 Å². The highest BCUT2D eigenvalue weighted by molar-refractivity contribution is 5.98. The van der Waals surface area contributed by atoms with E-state index >= 15 is 0 Å². The molecule has 8 nitrogen and oxygen atoms in total. The van der Waals surface area contributed by atoms with Crippen molar-refractivity contribution in [3.63, 3.8) is 0 Å². The zero-order valence-corrected chi connectivity index (χ0v) is 20.8. The fraction of sp³-hybridized carbons (Fsp3) is 0.481. The molecule has 188 valence electrons. The van der Waals surface area contributed by atoms with E-state index in [2.05, 4.69) is 0 Å². The van der Waals surface area contributed by atoms with E-state index in [0.29, 0.717) is 44.6 Å². The minimum absolute atomic E-state index is 0.297. The van der Waals surface area contributed by atoms with Gasteiger partial charge in [0, 0.05) is 13.2 Å². The van der Waals surface area contributed by atoms with Crippen molar-refractivity contribution in [3.8, 4) is 11.5 Å². The van der Waals surface area contributed by atoms with E-state index in [1.165, 1.54) is 0 Å². The maximum atomic E-state index is 6.08. The van der Waals surface area contributed by atoms with Gasteiger partial charge < -0.3 is 28.4 Å². The lowest BCUT2D eigenvalue weighted by molar-refractivity contribution is -0.0879. The van der Waals surface area contributed by atoms with Crippen molar-refractivity contribution < 1.29 is 28.4 Å². The Morgan fingerprint density at radius 2 is 1.11 bits per heavy atom. The van der Waals surface area contributed by atoms with Gasteiger partial charge in [-0.3, -0.25) is 0 Å². The first-order valence-electron chi connectivity index (χ1n) is 12.3. The third-order valence-corrected chi connectivity index (χ3v) is 5.57. The van der Waals surface area contributed by atoms with Crippen LogP contribution >= 0.6 is 0 Å². The minimum Gasteiger partial charge on any atom is -0.494 e. The predicted octanol–water partition coefficient (Wildman–Crippen LogP) is 5.24. The molecule has 0 saturated heterocycles. The Hall–Kier alpha value is -3.10. The molecule has 0 aromatic heterocycles. The van der Waals surface area contributed by atoms with Crippen LogP contribution in [-0.2, 0) is 18.9 Å². The molecule has 0 N–H and O–H groups in total. The van der Waals surface area contributed by atoms with Crippen LogP contribution in [0.3, 0.4) is 0 Å². The lowest BCUT2D eigenvalue weighted by atomic mass is 10.1. The van der Waals surface area contributed by atoms with E-state index < -0.39 is 12.6 Å². The highest BCUT2D eigenvalue weighted by Gasteiger charge is 2.37. The second kappa shape index (κ2) is 12.0. The van der Waals surface area contributed by atoms with Crippen molar-refractivity contribution in [2.75, 3.05) is 26.4 Å². The van der Waals surface area contributed by atoms with Crippen molar-refractivity contribution in [2.24, 2.45) is 9.98 Å². The van der Waals surface area contributed by atoms with Gasteiger partial charge in [0.05, 0.1) is 19.6 Å². The Kier molecular flexibility index (Phi) is 8.60. The Balaban J connectivity index is 1.54. The predicted molar refractivity (Wildman–Crippen MR) is 133 cm³/mol. The summed E-state index contributed by atoms with van der Waals surface area (Å²) >= 11 is 0. The SMILES string of the molecule is CCOc1cccc([C@H]2N=C(CC3=N[C@H](c4cccc(OCC)c4)C(OCC)O3)OC2OCC)c1. The summed E-state index contributed by atoms with van der Waals surface area (Å²) in [5.41, 5.74) is 1.94. The van der Waals surface area contributed by atoms with E-state index in [-0.39, 0.29) is 12.1 Å². The average Bonchev–Trinajstić information content (AvgIpc) is 3.44. The summed E-state index contributed by atoms with van der Waals surface area (Å²) in [4.78, 5) is 9.65. The number of aliphatic imine (C=N–C) groups is 2. The maximum Gasteiger partial charge on any atom is 0.228 e. The molecular weight excluding hydrogens is 448 g/mol. The molecule has 2 aliphatic rings. The van der Waals surface area contributed by atoms with Gasteiger partial charge in [-0.2, -0.15) is 0 Å². The smallest absolute Gasteiger partial charge is 0.228 e. The monoisotopic (exact) mass is 482 g/mol. The van der Waals surface area contributed by atoms with Gasteiger partial charge in [0.15, 0.2) is 11.8 Å². The zero-order valence-electron chi connectivity index (χ0n) is 20.8. The van der Waals surface area contributed by atoms with Crippen molar-refractivity contribution in [1.82, 2.24) is 0 Å². The van der Waals surface area contributed by atoms with Crippen LogP contribution in [0.2, 0.25) is 0 Å². The second-order valence-electron chi connectivity index (χ2n) is 8.01. The van der Waals surface area contributed by atoms with Crippen LogP contribution in [0, 0.1) is 0 Å². The highest BCUT2D eigenvalue weighted by Crippen LogP contribution is 2.35. The van der Waals surface area contributed by atoms with Crippen LogP contribution in [0.25, 0.3) is 0 Å². The van der Waals surface area contributed by atoms with Crippen molar-refractivity contribution in [3.05, 3.63) is 59.7 Å². The maximum absolute atomic E-state index is 6.08. The quantitative estimate of drug-likeness (QED) is 0.412. The largest absolute Gasteiger partial charge is 0.494 e. The van der Waals surface area contributed by atoms with Crippen molar-refractivity contribution in [1.29, 1.82) is 0 Å². The molecule has 0 saturated carbocycles.